The van der Waals surface area contributed by atoms with Gasteiger partial charge in [-0.15, -0.1) is 0 Å². The molecule has 292 valence electrons. The van der Waals surface area contributed by atoms with Gasteiger partial charge in [0.15, 0.2) is 13.2 Å². The van der Waals surface area contributed by atoms with Crippen molar-refractivity contribution in [3.8, 4) is 0 Å². The van der Waals surface area contributed by atoms with E-state index in [9.17, 15) is 29.2 Å². The SMILES string of the molecule is CCO[n+]1ccccc1C(=O)CC(=O)O.CCO[n+]1ccccc1C(=O)CC(=O)O.[O-]B([O-])OCCCC(c1ccccc1)(c1ccccc1)c1ccccc1. The second-order valence-corrected chi connectivity index (χ2v) is 11.9. The highest BCUT2D eigenvalue weighted by Gasteiger charge is 2.35. The Morgan fingerprint density at radius 2 is 0.946 bits per heavy atom. The summed E-state index contributed by atoms with van der Waals surface area (Å²) < 4.78 is 7.30. The third kappa shape index (κ3) is 13.6. The van der Waals surface area contributed by atoms with Crippen LogP contribution in [0.5, 0.6) is 0 Å². The predicted octanol–water partition coefficient (Wildman–Crippen LogP) is 2.68. The molecule has 14 heteroatoms. The van der Waals surface area contributed by atoms with E-state index >= 15 is 0 Å². The Balaban J connectivity index is 0.000000241. The average Bonchev–Trinajstić information content (AvgIpc) is 3.20. The molecule has 56 heavy (non-hydrogen) atoms. The Bertz CT molecular complexity index is 1790. The van der Waals surface area contributed by atoms with E-state index in [0.717, 1.165) is 6.42 Å². The number of carbonyl (C=O) groups is 4. The van der Waals surface area contributed by atoms with Crippen molar-refractivity contribution in [1.29, 1.82) is 0 Å². The second kappa shape index (κ2) is 23.5. The minimum absolute atomic E-state index is 0.159. The smallest absolute Gasteiger partial charge is 0.311 e. The fourth-order valence-electron chi connectivity index (χ4n) is 5.87. The molecule has 5 aromatic rings. The zero-order valence-electron chi connectivity index (χ0n) is 31.3. The van der Waals surface area contributed by atoms with Crippen LogP contribution in [0.1, 0.15) is 77.2 Å². The fourth-order valence-corrected chi connectivity index (χ4v) is 5.87. The van der Waals surface area contributed by atoms with Crippen molar-refractivity contribution in [3.05, 3.63) is 168 Å². The summed E-state index contributed by atoms with van der Waals surface area (Å²) in [5.74, 6) is -3.24. The zero-order chi connectivity index (χ0) is 40.8. The molecule has 0 atom stereocenters. The molecular formula is C42H45BN2O11. The molecular weight excluding hydrogens is 719 g/mol. The quantitative estimate of drug-likeness (QED) is 0.0333. The Hall–Kier alpha value is -6.22. The van der Waals surface area contributed by atoms with E-state index in [0.29, 0.717) is 19.6 Å². The highest BCUT2D eigenvalue weighted by atomic mass is 16.7. The van der Waals surface area contributed by atoms with Crippen molar-refractivity contribution in [3.63, 3.8) is 0 Å². The van der Waals surface area contributed by atoms with E-state index < -0.39 is 43.7 Å². The standard InChI is InChI=1S/C22H21BO3.2C10H11NO4/c24-23(25)26-18-10-17-22(19-11-4-1-5-12-19,20-13-6-2-7-14-20)21-15-8-3-9-16-21;2*1-2-15-11-6-4-3-5-8(11)9(12)7-10(13)14/h1-9,11-16H,10,17-18H2;2*3-6H,2,7H2,1H3/q-2;;/p+2. The van der Waals surface area contributed by atoms with Crippen molar-refractivity contribution in [1.82, 2.24) is 0 Å². The molecule has 2 heterocycles. The van der Waals surface area contributed by atoms with Crippen LogP contribution in [0.25, 0.3) is 0 Å². The Kier molecular flexibility index (Phi) is 18.6. The first-order valence-corrected chi connectivity index (χ1v) is 17.9. The van der Waals surface area contributed by atoms with Crippen LogP contribution in [0.3, 0.4) is 0 Å². The number of carboxylic acids is 2. The lowest BCUT2D eigenvalue weighted by Crippen LogP contribution is -2.48. The number of hydrogen-bond acceptors (Lipinski definition) is 9. The first-order valence-electron chi connectivity index (χ1n) is 17.9. The van der Waals surface area contributed by atoms with Gasteiger partial charge in [-0.3, -0.25) is 28.9 Å². The number of nitrogens with zero attached hydrogens (tertiary/aromatic N) is 2. The summed E-state index contributed by atoms with van der Waals surface area (Å²) in [6.07, 6.45) is 3.42. The molecule has 0 aliphatic rings. The van der Waals surface area contributed by atoms with Gasteiger partial charge in [0, 0.05) is 45.7 Å². The number of carbonyl (C=O) groups excluding carboxylic acids is 2. The van der Waals surface area contributed by atoms with Gasteiger partial charge in [0.1, 0.15) is 12.8 Å². The summed E-state index contributed by atoms with van der Waals surface area (Å²) in [6.45, 7) is 4.53. The lowest BCUT2D eigenvalue weighted by atomic mass is 9.67. The first-order chi connectivity index (χ1) is 27.0. The van der Waals surface area contributed by atoms with Gasteiger partial charge in [-0.05, 0) is 55.5 Å². The maximum Gasteiger partial charge on any atom is 0.311 e. The summed E-state index contributed by atoms with van der Waals surface area (Å²) in [7, 11) is -2.23. The normalized spacial score (nSPS) is 10.4. The fraction of sp³-hybridized carbons (Fsp3) is 0.238. The Morgan fingerprint density at radius 3 is 1.27 bits per heavy atom. The molecule has 0 radical (unpaired) electrons. The number of Topliss-reactive ketones (excluding diaryl/α,β-unsaturated/α-hetero) is 2. The monoisotopic (exact) mass is 764 g/mol. The number of aromatic nitrogens is 2. The molecule has 2 aromatic heterocycles. The van der Waals surface area contributed by atoms with Crippen LogP contribution in [-0.2, 0) is 19.7 Å². The van der Waals surface area contributed by atoms with Gasteiger partial charge in [0.25, 0.3) is 0 Å². The number of hydrogen-bond donors (Lipinski definition) is 2. The number of carboxylic acid groups (broad SMARTS) is 2. The molecule has 2 N–H and O–H groups in total. The number of aliphatic carboxylic acids is 2. The molecule has 0 aliphatic heterocycles. The van der Waals surface area contributed by atoms with Crippen molar-refractivity contribution in [2.45, 2.75) is 44.9 Å². The van der Waals surface area contributed by atoms with Crippen LogP contribution in [0.15, 0.2) is 140 Å². The first kappa shape index (κ1) is 44.2. The molecule has 0 fully saturated rings. The van der Waals surface area contributed by atoms with Crippen LogP contribution in [-0.4, -0.2) is 60.9 Å². The summed E-state index contributed by atoms with van der Waals surface area (Å²) in [5.41, 5.74) is 3.65. The minimum atomic E-state index is -2.23. The highest BCUT2D eigenvalue weighted by molar-refractivity contribution is 6.28. The summed E-state index contributed by atoms with van der Waals surface area (Å²) in [6, 6.07) is 40.8. The number of ketones is 2. The van der Waals surface area contributed by atoms with E-state index in [1.54, 1.807) is 50.5 Å². The molecule has 0 saturated carbocycles. The Labute approximate surface area is 326 Å². The van der Waals surface area contributed by atoms with Gasteiger partial charge in [-0.2, -0.15) is 0 Å². The second-order valence-electron chi connectivity index (χ2n) is 11.9. The van der Waals surface area contributed by atoms with Crippen LogP contribution >= 0.6 is 0 Å². The topological polar surface area (TPSA) is 190 Å². The minimum Gasteiger partial charge on any atom is -0.871 e. The van der Waals surface area contributed by atoms with Gasteiger partial charge in [-0.25, -0.2) is 0 Å². The summed E-state index contributed by atoms with van der Waals surface area (Å²) in [5, 5.41) is 38.4. The third-order valence-electron chi connectivity index (χ3n) is 8.13. The molecule has 0 aliphatic carbocycles. The largest absolute Gasteiger partial charge is 0.871 e. The number of rotatable bonds is 18. The Morgan fingerprint density at radius 1 is 0.589 bits per heavy atom. The molecule has 5 rings (SSSR count). The van der Waals surface area contributed by atoms with Gasteiger partial charge >= 0.3 is 23.3 Å². The molecule has 0 bridgehead atoms. The lowest BCUT2D eigenvalue weighted by molar-refractivity contribution is -0.892. The van der Waals surface area contributed by atoms with Gasteiger partial charge in [-0.1, -0.05) is 91.0 Å². The highest BCUT2D eigenvalue weighted by Crippen LogP contribution is 2.42. The van der Waals surface area contributed by atoms with Crippen LogP contribution < -0.4 is 29.2 Å². The summed E-state index contributed by atoms with van der Waals surface area (Å²) >= 11 is 0. The molecule has 0 saturated heterocycles. The molecule has 0 amide bonds. The van der Waals surface area contributed by atoms with E-state index in [1.807, 2.05) is 54.6 Å². The van der Waals surface area contributed by atoms with Crippen LogP contribution in [0, 0.1) is 0 Å². The van der Waals surface area contributed by atoms with Crippen molar-refractivity contribution < 1.29 is 63.2 Å². The van der Waals surface area contributed by atoms with Crippen LogP contribution in [0.4, 0.5) is 0 Å². The predicted molar refractivity (Wildman–Crippen MR) is 201 cm³/mol. The van der Waals surface area contributed by atoms with Gasteiger partial charge < -0.3 is 24.9 Å². The molecule has 13 nitrogen and oxygen atoms in total. The van der Waals surface area contributed by atoms with Gasteiger partial charge in [0.2, 0.25) is 24.0 Å². The third-order valence-corrected chi connectivity index (χ3v) is 8.13. The summed E-state index contributed by atoms with van der Waals surface area (Å²) in [4.78, 5) is 54.0. The van der Waals surface area contributed by atoms with E-state index in [-0.39, 0.29) is 23.4 Å². The zero-order valence-corrected chi connectivity index (χ0v) is 31.3. The molecule has 0 spiro atoms. The maximum absolute atomic E-state index is 11.5. The van der Waals surface area contributed by atoms with Crippen molar-refractivity contribution in [2.24, 2.45) is 0 Å². The average molecular weight is 765 g/mol. The van der Waals surface area contributed by atoms with E-state index in [4.69, 9.17) is 24.5 Å². The van der Waals surface area contributed by atoms with E-state index in [2.05, 4.69) is 36.4 Å². The van der Waals surface area contributed by atoms with Gasteiger partial charge in [0.05, 0.1) is 7.32 Å². The number of benzene rings is 3. The van der Waals surface area contributed by atoms with E-state index in [1.165, 1.54) is 38.3 Å². The van der Waals surface area contributed by atoms with Crippen LogP contribution in [0.2, 0.25) is 0 Å². The van der Waals surface area contributed by atoms with Crippen molar-refractivity contribution >= 4 is 30.8 Å². The molecule has 3 aromatic carbocycles. The molecule has 0 unspecified atom stereocenters. The van der Waals surface area contributed by atoms with Crippen molar-refractivity contribution in [2.75, 3.05) is 19.8 Å². The maximum atomic E-state index is 11.5. The number of pyridine rings is 2. The lowest BCUT2D eigenvalue weighted by Gasteiger charge is -2.37.